The zero-order valence-corrected chi connectivity index (χ0v) is 10.4. The van der Waals surface area contributed by atoms with Crippen LogP contribution in [0.1, 0.15) is 25.0 Å². The molecule has 0 aromatic heterocycles. The smallest absolute Gasteiger partial charge is 0.164 e. The van der Waals surface area contributed by atoms with Crippen LogP contribution in [0.2, 0.25) is 0 Å². The van der Waals surface area contributed by atoms with E-state index in [1.165, 1.54) is 0 Å². The van der Waals surface area contributed by atoms with Crippen molar-refractivity contribution in [2.75, 3.05) is 14.2 Å². The third-order valence-corrected chi connectivity index (χ3v) is 2.61. The van der Waals surface area contributed by atoms with E-state index < -0.39 is 0 Å². The molecule has 0 amide bonds. The minimum absolute atomic E-state index is 0.344. The molecular weight excluding hydrogens is 204 g/mol. The van der Waals surface area contributed by atoms with E-state index in [1.807, 2.05) is 12.1 Å². The standard InChI is InChI=1S/C13H20O3/c1-5-11-10(8-9(2)14)6-7-12(15-3)13(11)16-4/h6-7,9,14H,5,8H2,1-4H3. The molecular formula is C13H20O3. The number of aliphatic hydroxyl groups excluding tert-OH is 1. The highest BCUT2D eigenvalue weighted by Gasteiger charge is 2.14. The molecule has 16 heavy (non-hydrogen) atoms. The van der Waals surface area contributed by atoms with Crippen LogP contribution in [0, 0.1) is 0 Å². The number of methoxy groups -OCH3 is 2. The molecule has 0 saturated heterocycles. The summed E-state index contributed by atoms with van der Waals surface area (Å²) in [6.45, 7) is 3.86. The Hall–Kier alpha value is -1.22. The fourth-order valence-electron chi connectivity index (χ4n) is 1.93. The highest BCUT2D eigenvalue weighted by molar-refractivity contribution is 5.51. The molecule has 3 heteroatoms. The quantitative estimate of drug-likeness (QED) is 0.833. The Bertz CT molecular complexity index is 345. The average Bonchev–Trinajstić information content (AvgIpc) is 2.27. The molecule has 1 atom stereocenters. The lowest BCUT2D eigenvalue weighted by molar-refractivity contribution is 0.195. The maximum atomic E-state index is 9.44. The van der Waals surface area contributed by atoms with Crippen LogP contribution < -0.4 is 9.47 Å². The van der Waals surface area contributed by atoms with Gasteiger partial charge >= 0.3 is 0 Å². The molecule has 0 radical (unpaired) electrons. The molecule has 0 saturated carbocycles. The van der Waals surface area contributed by atoms with E-state index in [2.05, 4.69) is 6.92 Å². The molecule has 1 rings (SSSR count). The van der Waals surface area contributed by atoms with Crippen molar-refractivity contribution in [3.8, 4) is 11.5 Å². The van der Waals surface area contributed by atoms with E-state index in [4.69, 9.17) is 9.47 Å². The van der Waals surface area contributed by atoms with Gasteiger partial charge in [0.25, 0.3) is 0 Å². The van der Waals surface area contributed by atoms with Crippen LogP contribution in [0.5, 0.6) is 11.5 Å². The molecule has 90 valence electrons. The first-order valence-corrected chi connectivity index (χ1v) is 5.54. The van der Waals surface area contributed by atoms with Crippen LogP contribution >= 0.6 is 0 Å². The van der Waals surface area contributed by atoms with Crippen LogP contribution in [0.15, 0.2) is 12.1 Å². The van der Waals surface area contributed by atoms with Crippen LogP contribution in [0.25, 0.3) is 0 Å². The normalized spacial score (nSPS) is 12.3. The van der Waals surface area contributed by atoms with E-state index in [1.54, 1.807) is 21.1 Å². The summed E-state index contributed by atoms with van der Waals surface area (Å²) >= 11 is 0. The van der Waals surface area contributed by atoms with Gasteiger partial charge in [-0.15, -0.1) is 0 Å². The van der Waals surface area contributed by atoms with Crippen molar-refractivity contribution in [2.24, 2.45) is 0 Å². The highest BCUT2D eigenvalue weighted by atomic mass is 16.5. The molecule has 0 heterocycles. The summed E-state index contributed by atoms with van der Waals surface area (Å²) in [6.07, 6.45) is 1.16. The van der Waals surface area contributed by atoms with Crippen molar-refractivity contribution in [3.63, 3.8) is 0 Å². The molecule has 0 spiro atoms. The summed E-state index contributed by atoms with van der Waals surface area (Å²) in [6, 6.07) is 3.88. The van der Waals surface area contributed by atoms with E-state index >= 15 is 0 Å². The van der Waals surface area contributed by atoms with Crippen LogP contribution in [-0.2, 0) is 12.8 Å². The Morgan fingerprint density at radius 3 is 2.38 bits per heavy atom. The van der Waals surface area contributed by atoms with Gasteiger partial charge in [0.05, 0.1) is 20.3 Å². The SMILES string of the molecule is CCc1c(CC(C)O)ccc(OC)c1OC. The van der Waals surface area contributed by atoms with Crippen molar-refractivity contribution < 1.29 is 14.6 Å². The zero-order chi connectivity index (χ0) is 12.1. The van der Waals surface area contributed by atoms with Crippen molar-refractivity contribution in [2.45, 2.75) is 32.8 Å². The lowest BCUT2D eigenvalue weighted by Gasteiger charge is -2.16. The van der Waals surface area contributed by atoms with E-state index in [-0.39, 0.29) is 6.10 Å². The van der Waals surface area contributed by atoms with Gasteiger partial charge in [-0.1, -0.05) is 13.0 Å². The first kappa shape index (κ1) is 12.8. The third kappa shape index (κ3) is 2.67. The average molecular weight is 224 g/mol. The van der Waals surface area contributed by atoms with Gasteiger partial charge in [-0.05, 0) is 31.4 Å². The van der Waals surface area contributed by atoms with Gasteiger partial charge in [0.15, 0.2) is 11.5 Å². The molecule has 0 bridgehead atoms. The van der Waals surface area contributed by atoms with Gasteiger partial charge < -0.3 is 14.6 Å². The maximum absolute atomic E-state index is 9.44. The Morgan fingerprint density at radius 2 is 1.94 bits per heavy atom. The summed E-state index contributed by atoms with van der Waals surface area (Å²) in [7, 11) is 3.27. The molecule has 1 aromatic carbocycles. The van der Waals surface area contributed by atoms with Gasteiger partial charge in [-0.2, -0.15) is 0 Å². The molecule has 1 unspecified atom stereocenters. The van der Waals surface area contributed by atoms with Crippen LogP contribution in [-0.4, -0.2) is 25.4 Å². The summed E-state index contributed by atoms with van der Waals surface area (Å²) < 4.78 is 10.6. The number of ether oxygens (including phenoxy) is 2. The molecule has 1 N–H and O–H groups in total. The summed E-state index contributed by atoms with van der Waals surface area (Å²) in [5.74, 6) is 1.52. The number of hydrogen-bond donors (Lipinski definition) is 1. The second-order valence-corrected chi connectivity index (χ2v) is 3.85. The number of hydrogen-bond acceptors (Lipinski definition) is 3. The number of benzene rings is 1. The monoisotopic (exact) mass is 224 g/mol. The summed E-state index contributed by atoms with van der Waals surface area (Å²) in [4.78, 5) is 0. The Balaban J connectivity index is 3.20. The zero-order valence-electron chi connectivity index (χ0n) is 10.4. The lowest BCUT2D eigenvalue weighted by Crippen LogP contribution is -2.08. The van der Waals surface area contributed by atoms with Crippen LogP contribution in [0.4, 0.5) is 0 Å². The first-order valence-electron chi connectivity index (χ1n) is 5.54. The minimum atomic E-state index is -0.344. The molecule has 0 fully saturated rings. The number of rotatable bonds is 5. The van der Waals surface area contributed by atoms with Gasteiger partial charge in [0, 0.05) is 5.56 Å². The molecule has 3 nitrogen and oxygen atoms in total. The third-order valence-electron chi connectivity index (χ3n) is 2.61. The molecule has 1 aromatic rings. The molecule has 0 aliphatic rings. The predicted molar refractivity (Wildman–Crippen MR) is 64.3 cm³/mol. The Kier molecular flexibility index (Phi) is 4.62. The van der Waals surface area contributed by atoms with Crippen molar-refractivity contribution in [1.82, 2.24) is 0 Å². The minimum Gasteiger partial charge on any atom is -0.493 e. The van der Waals surface area contributed by atoms with Gasteiger partial charge in [0.2, 0.25) is 0 Å². The predicted octanol–water partition coefficient (Wildman–Crippen LogP) is 2.19. The lowest BCUT2D eigenvalue weighted by atomic mass is 9.98. The van der Waals surface area contributed by atoms with Gasteiger partial charge in [-0.3, -0.25) is 0 Å². The summed E-state index contributed by atoms with van der Waals surface area (Å²) in [5.41, 5.74) is 2.23. The van der Waals surface area contributed by atoms with Crippen LogP contribution in [0.3, 0.4) is 0 Å². The number of aliphatic hydroxyl groups is 1. The summed E-state index contributed by atoms with van der Waals surface area (Å²) in [5, 5.41) is 9.44. The molecule has 0 aliphatic heterocycles. The Morgan fingerprint density at radius 1 is 1.25 bits per heavy atom. The fraction of sp³-hybridized carbons (Fsp3) is 0.538. The first-order chi connectivity index (χ1) is 7.63. The fourth-order valence-corrected chi connectivity index (χ4v) is 1.93. The van der Waals surface area contributed by atoms with Crippen molar-refractivity contribution in [1.29, 1.82) is 0 Å². The highest BCUT2D eigenvalue weighted by Crippen LogP contribution is 2.34. The largest absolute Gasteiger partial charge is 0.493 e. The van der Waals surface area contributed by atoms with Gasteiger partial charge in [0.1, 0.15) is 0 Å². The second-order valence-electron chi connectivity index (χ2n) is 3.85. The topological polar surface area (TPSA) is 38.7 Å². The maximum Gasteiger partial charge on any atom is 0.164 e. The molecule has 0 aliphatic carbocycles. The van der Waals surface area contributed by atoms with Gasteiger partial charge in [-0.25, -0.2) is 0 Å². The second kappa shape index (κ2) is 5.75. The van der Waals surface area contributed by atoms with Crippen molar-refractivity contribution in [3.05, 3.63) is 23.3 Å². The Labute approximate surface area is 97.0 Å². The van der Waals surface area contributed by atoms with Crippen molar-refractivity contribution >= 4 is 0 Å². The van der Waals surface area contributed by atoms with E-state index in [0.29, 0.717) is 6.42 Å². The van der Waals surface area contributed by atoms with E-state index in [0.717, 1.165) is 29.0 Å². The van der Waals surface area contributed by atoms with E-state index in [9.17, 15) is 5.11 Å².